The third-order valence-electron chi connectivity index (χ3n) is 3.50. The van der Waals surface area contributed by atoms with E-state index in [0.29, 0.717) is 0 Å². The Kier molecular flexibility index (Phi) is 6.45. The quantitative estimate of drug-likeness (QED) is 0.741. The topological polar surface area (TPSA) is 15.3 Å². The highest BCUT2D eigenvalue weighted by atomic mass is 15.1. The molecule has 0 aliphatic heterocycles. The van der Waals surface area contributed by atoms with Crippen LogP contribution in [0.25, 0.3) is 0 Å². The van der Waals surface area contributed by atoms with E-state index in [1.165, 1.54) is 23.1 Å². The molecule has 0 heterocycles. The lowest BCUT2D eigenvalue weighted by atomic mass is 10.1. The van der Waals surface area contributed by atoms with E-state index in [4.69, 9.17) is 0 Å². The summed E-state index contributed by atoms with van der Waals surface area (Å²) in [6.07, 6.45) is 1.18. The molecule has 112 valence electrons. The smallest absolute Gasteiger partial charge is 0.0234 e. The maximum Gasteiger partial charge on any atom is 0.0234 e. The lowest BCUT2D eigenvalue weighted by Crippen LogP contribution is -2.18. The highest BCUT2D eigenvalue weighted by Crippen LogP contribution is 2.10. The van der Waals surface area contributed by atoms with Crippen molar-refractivity contribution in [2.45, 2.75) is 33.0 Å². The predicted molar refractivity (Wildman–Crippen MR) is 90.1 cm³/mol. The molecule has 21 heavy (non-hydrogen) atoms. The molecular weight excluding hydrogens is 256 g/mol. The molecule has 0 saturated carbocycles. The zero-order valence-corrected chi connectivity index (χ0v) is 13.2. The fourth-order valence-electron chi connectivity index (χ4n) is 2.51. The van der Waals surface area contributed by atoms with Gasteiger partial charge in [0.1, 0.15) is 0 Å². The third kappa shape index (κ3) is 5.70. The van der Waals surface area contributed by atoms with Crippen LogP contribution in [0, 0.1) is 0 Å². The number of hydrogen-bond donors (Lipinski definition) is 1. The van der Waals surface area contributed by atoms with Crippen LogP contribution in [0.4, 0.5) is 0 Å². The van der Waals surface area contributed by atoms with Crippen LogP contribution in [0.15, 0.2) is 54.6 Å². The number of nitrogens with zero attached hydrogens (tertiary/aromatic N) is 1. The van der Waals surface area contributed by atoms with Crippen molar-refractivity contribution >= 4 is 0 Å². The number of nitrogens with one attached hydrogen (secondary N) is 1. The Morgan fingerprint density at radius 2 is 1.52 bits per heavy atom. The van der Waals surface area contributed by atoms with Gasteiger partial charge >= 0.3 is 0 Å². The van der Waals surface area contributed by atoms with Gasteiger partial charge in [-0.15, -0.1) is 0 Å². The summed E-state index contributed by atoms with van der Waals surface area (Å²) in [5.41, 5.74) is 4.11. The van der Waals surface area contributed by atoms with Gasteiger partial charge in [-0.05, 0) is 36.7 Å². The second kappa shape index (κ2) is 8.60. The fraction of sp³-hybridized carbons (Fsp3) is 0.368. The monoisotopic (exact) mass is 282 g/mol. The van der Waals surface area contributed by atoms with Gasteiger partial charge in [0.15, 0.2) is 0 Å². The van der Waals surface area contributed by atoms with Crippen LogP contribution in [0.5, 0.6) is 0 Å². The summed E-state index contributed by atoms with van der Waals surface area (Å²) in [6, 6.07) is 19.5. The van der Waals surface area contributed by atoms with Crippen LogP contribution in [0.2, 0.25) is 0 Å². The Morgan fingerprint density at radius 3 is 2.29 bits per heavy atom. The molecule has 2 rings (SSSR count). The van der Waals surface area contributed by atoms with Crippen molar-refractivity contribution < 1.29 is 0 Å². The molecular formula is C19H26N2. The fourth-order valence-corrected chi connectivity index (χ4v) is 2.51. The molecule has 0 spiro atoms. The Labute approximate surface area is 128 Å². The first kappa shape index (κ1) is 15.7. The lowest BCUT2D eigenvalue weighted by molar-refractivity contribution is 0.319. The van der Waals surface area contributed by atoms with E-state index in [-0.39, 0.29) is 0 Å². The Morgan fingerprint density at radius 1 is 0.857 bits per heavy atom. The second-order valence-corrected chi connectivity index (χ2v) is 5.65. The molecule has 0 saturated heterocycles. The average Bonchev–Trinajstić information content (AvgIpc) is 2.49. The van der Waals surface area contributed by atoms with E-state index in [1.54, 1.807) is 0 Å². The maximum absolute atomic E-state index is 3.46. The normalized spacial score (nSPS) is 11.0. The standard InChI is InChI=1S/C19H26N2/c1-3-12-20-14-18-10-7-11-19(13-18)16-21(2)15-17-8-5-4-6-9-17/h4-11,13,20H,3,12,14-16H2,1-2H3. The molecule has 2 aromatic rings. The SMILES string of the molecule is CCCNCc1cccc(CN(C)Cc2ccccc2)c1. The summed E-state index contributed by atoms with van der Waals surface area (Å²) >= 11 is 0. The van der Waals surface area contributed by atoms with Crippen molar-refractivity contribution in [2.24, 2.45) is 0 Å². The Bertz CT molecular complexity index is 522. The molecule has 0 bridgehead atoms. The van der Waals surface area contributed by atoms with Crippen LogP contribution < -0.4 is 5.32 Å². The van der Waals surface area contributed by atoms with E-state index < -0.39 is 0 Å². The van der Waals surface area contributed by atoms with Crippen LogP contribution in [-0.2, 0) is 19.6 Å². The number of benzene rings is 2. The van der Waals surface area contributed by atoms with Crippen molar-refractivity contribution in [3.05, 3.63) is 71.3 Å². The minimum Gasteiger partial charge on any atom is -0.313 e. The molecule has 2 aromatic carbocycles. The van der Waals surface area contributed by atoms with E-state index in [2.05, 4.69) is 78.8 Å². The van der Waals surface area contributed by atoms with Gasteiger partial charge < -0.3 is 5.32 Å². The van der Waals surface area contributed by atoms with Crippen molar-refractivity contribution in [3.63, 3.8) is 0 Å². The van der Waals surface area contributed by atoms with Crippen molar-refractivity contribution in [3.8, 4) is 0 Å². The second-order valence-electron chi connectivity index (χ2n) is 5.65. The first-order chi connectivity index (χ1) is 10.3. The van der Waals surface area contributed by atoms with Gasteiger partial charge in [-0.25, -0.2) is 0 Å². The minimum absolute atomic E-state index is 0.962. The van der Waals surface area contributed by atoms with Gasteiger partial charge in [-0.2, -0.15) is 0 Å². The molecule has 2 nitrogen and oxygen atoms in total. The van der Waals surface area contributed by atoms with Gasteiger partial charge in [0, 0.05) is 19.6 Å². The molecule has 0 unspecified atom stereocenters. The molecule has 0 atom stereocenters. The van der Waals surface area contributed by atoms with E-state index in [0.717, 1.165) is 26.2 Å². The van der Waals surface area contributed by atoms with Crippen LogP contribution in [0.1, 0.15) is 30.0 Å². The largest absolute Gasteiger partial charge is 0.313 e. The summed E-state index contributed by atoms with van der Waals surface area (Å²) in [7, 11) is 2.18. The summed E-state index contributed by atoms with van der Waals surface area (Å²) < 4.78 is 0. The zero-order chi connectivity index (χ0) is 14.9. The van der Waals surface area contributed by atoms with E-state index >= 15 is 0 Å². The molecule has 0 radical (unpaired) electrons. The third-order valence-corrected chi connectivity index (χ3v) is 3.50. The summed E-state index contributed by atoms with van der Waals surface area (Å²) in [5.74, 6) is 0. The summed E-state index contributed by atoms with van der Waals surface area (Å²) in [4.78, 5) is 2.36. The van der Waals surface area contributed by atoms with E-state index in [9.17, 15) is 0 Å². The van der Waals surface area contributed by atoms with Gasteiger partial charge in [-0.3, -0.25) is 4.90 Å². The summed E-state index contributed by atoms with van der Waals surface area (Å²) in [5, 5.41) is 3.46. The molecule has 0 aromatic heterocycles. The molecule has 0 fully saturated rings. The Hall–Kier alpha value is -1.64. The number of hydrogen-bond acceptors (Lipinski definition) is 2. The van der Waals surface area contributed by atoms with E-state index in [1.807, 2.05) is 0 Å². The summed E-state index contributed by atoms with van der Waals surface area (Å²) in [6.45, 7) is 6.21. The first-order valence-electron chi connectivity index (χ1n) is 7.79. The van der Waals surface area contributed by atoms with Crippen molar-refractivity contribution in [1.29, 1.82) is 0 Å². The van der Waals surface area contributed by atoms with Crippen LogP contribution >= 0.6 is 0 Å². The van der Waals surface area contributed by atoms with Gasteiger partial charge in [-0.1, -0.05) is 61.5 Å². The van der Waals surface area contributed by atoms with Gasteiger partial charge in [0.2, 0.25) is 0 Å². The highest BCUT2D eigenvalue weighted by Gasteiger charge is 2.02. The lowest BCUT2D eigenvalue weighted by Gasteiger charge is -2.17. The highest BCUT2D eigenvalue weighted by molar-refractivity contribution is 5.23. The van der Waals surface area contributed by atoms with Crippen molar-refractivity contribution in [1.82, 2.24) is 10.2 Å². The molecule has 0 aliphatic carbocycles. The van der Waals surface area contributed by atoms with Crippen molar-refractivity contribution in [2.75, 3.05) is 13.6 Å². The van der Waals surface area contributed by atoms with Crippen LogP contribution in [0.3, 0.4) is 0 Å². The van der Waals surface area contributed by atoms with Crippen LogP contribution in [-0.4, -0.2) is 18.5 Å². The minimum atomic E-state index is 0.962. The average molecular weight is 282 g/mol. The molecule has 0 aliphatic rings. The predicted octanol–water partition coefficient (Wildman–Crippen LogP) is 3.82. The molecule has 0 amide bonds. The molecule has 1 N–H and O–H groups in total. The Balaban J connectivity index is 1.88. The molecule has 2 heteroatoms. The number of rotatable bonds is 8. The van der Waals surface area contributed by atoms with Gasteiger partial charge in [0.05, 0.1) is 0 Å². The maximum atomic E-state index is 3.46. The zero-order valence-electron chi connectivity index (χ0n) is 13.2. The van der Waals surface area contributed by atoms with Gasteiger partial charge in [0.25, 0.3) is 0 Å². The first-order valence-corrected chi connectivity index (χ1v) is 7.79.